The number of hydrogen-bond acceptors (Lipinski definition) is 5. The van der Waals surface area contributed by atoms with Gasteiger partial charge in [0.2, 0.25) is 5.91 Å². The minimum Gasteiger partial charge on any atom is -0.469 e. The fourth-order valence-electron chi connectivity index (χ4n) is 2.68. The SMILES string of the molecule is COC(=O)CCn1c(=NC(=O)CCSc2ccc(C)cc2)sc2ccccc21. The Bertz CT molecular complexity index is 1040. The van der Waals surface area contributed by atoms with Crippen LogP contribution in [0.4, 0.5) is 0 Å². The van der Waals surface area contributed by atoms with Gasteiger partial charge in [-0.3, -0.25) is 9.59 Å². The van der Waals surface area contributed by atoms with Crippen molar-refractivity contribution in [2.75, 3.05) is 12.9 Å². The summed E-state index contributed by atoms with van der Waals surface area (Å²) in [6, 6.07) is 16.1. The number of nitrogens with zero attached hydrogens (tertiary/aromatic N) is 2. The summed E-state index contributed by atoms with van der Waals surface area (Å²) >= 11 is 3.11. The standard InChI is InChI=1S/C21H22N2O3S2/c1-15-7-9-16(10-8-15)27-14-12-19(24)22-21-23(13-11-20(25)26-2)17-5-3-4-6-18(17)28-21/h3-10H,11-14H2,1-2H3. The normalized spacial score (nSPS) is 11.7. The molecule has 0 saturated heterocycles. The third-order valence-corrected chi connectivity index (χ3v) is 6.25. The second kappa shape index (κ2) is 9.71. The molecule has 0 fully saturated rings. The summed E-state index contributed by atoms with van der Waals surface area (Å²) in [7, 11) is 1.37. The topological polar surface area (TPSA) is 60.7 Å². The van der Waals surface area contributed by atoms with E-state index in [9.17, 15) is 9.59 Å². The van der Waals surface area contributed by atoms with Gasteiger partial charge in [0.05, 0.1) is 23.7 Å². The Labute approximate surface area is 172 Å². The van der Waals surface area contributed by atoms with Crippen LogP contribution in [0.25, 0.3) is 10.2 Å². The molecule has 0 aliphatic heterocycles. The van der Waals surface area contributed by atoms with Crippen molar-refractivity contribution >= 4 is 45.2 Å². The Morgan fingerprint density at radius 2 is 1.86 bits per heavy atom. The van der Waals surface area contributed by atoms with E-state index in [1.54, 1.807) is 11.8 Å². The molecule has 146 valence electrons. The van der Waals surface area contributed by atoms with E-state index in [4.69, 9.17) is 4.74 Å². The summed E-state index contributed by atoms with van der Waals surface area (Å²) in [6.07, 6.45) is 0.603. The van der Waals surface area contributed by atoms with Crippen molar-refractivity contribution in [1.82, 2.24) is 4.57 Å². The molecule has 1 heterocycles. The van der Waals surface area contributed by atoms with Gasteiger partial charge in [0.25, 0.3) is 0 Å². The quantitative estimate of drug-likeness (QED) is 0.430. The Hall–Kier alpha value is -2.38. The number of para-hydroxylation sites is 1. The summed E-state index contributed by atoms with van der Waals surface area (Å²) in [6.45, 7) is 2.48. The maximum absolute atomic E-state index is 12.4. The van der Waals surface area contributed by atoms with Crippen molar-refractivity contribution in [2.24, 2.45) is 4.99 Å². The minimum atomic E-state index is -0.283. The van der Waals surface area contributed by atoms with Gasteiger partial charge in [-0.25, -0.2) is 0 Å². The summed E-state index contributed by atoms with van der Waals surface area (Å²) in [5, 5.41) is 0. The van der Waals surface area contributed by atoms with Gasteiger partial charge in [0.15, 0.2) is 4.80 Å². The van der Waals surface area contributed by atoms with Gasteiger partial charge < -0.3 is 9.30 Å². The zero-order valence-corrected chi connectivity index (χ0v) is 17.5. The minimum absolute atomic E-state index is 0.155. The number of fused-ring (bicyclic) bond motifs is 1. The van der Waals surface area contributed by atoms with E-state index in [2.05, 4.69) is 36.2 Å². The van der Waals surface area contributed by atoms with Crippen LogP contribution in [0.3, 0.4) is 0 Å². The monoisotopic (exact) mass is 414 g/mol. The molecule has 0 N–H and O–H groups in total. The van der Waals surface area contributed by atoms with Crippen molar-refractivity contribution in [2.45, 2.75) is 31.2 Å². The predicted octanol–water partition coefficient (Wildman–Crippen LogP) is 4.18. The number of thiazole rings is 1. The van der Waals surface area contributed by atoms with E-state index < -0.39 is 0 Å². The second-order valence-corrected chi connectivity index (χ2v) is 8.42. The molecule has 3 rings (SSSR count). The molecular formula is C21H22N2O3S2. The van der Waals surface area contributed by atoms with Crippen LogP contribution >= 0.6 is 23.1 Å². The molecule has 28 heavy (non-hydrogen) atoms. The molecule has 0 bridgehead atoms. The summed E-state index contributed by atoms with van der Waals surface area (Å²) in [4.78, 5) is 30.0. The van der Waals surface area contributed by atoms with E-state index in [0.717, 1.165) is 15.1 Å². The zero-order valence-electron chi connectivity index (χ0n) is 15.9. The molecular weight excluding hydrogens is 392 g/mol. The van der Waals surface area contributed by atoms with Crippen LogP contribution in [0.5, 0.6) is 0 Å². The number of methoxy groups -OCH3 is 1. The number of hydrogen-bond donors (Lipinski definition) is 0. The Morgan fingerprint density at radius 1 is 1.11 bits per heavy atom. The first-order chi connectivity index (χ1) is 13.6. The summed E-state index contributed by atoms with van der Waals surface area (Å²) in [5.41, 5.74) is 2.19. The van der Waals surface area contributed by atoms with Crippen LogP contribution in [0.15, 0.2) is 58.4 Å². The second-order valence-electron chi connectivity index (χ2n) is 6.25. The molecule has 0 atom stereocenters. The Kier molecular flexibility index (Phi) is 7.06. The lowest BCUT2D eigenvalue weighted by Crippen LogP contribution is -2.19. The number of ether oxygens (including phenoxy) is 1. The zero-order chi connectivity index (χ0) is 19.9. The highest BCUT2D eigenvalue weighted by Gasteiger charge is 2.10. The van der Waals surface area contributed by atoms with Gasteiger partial charge in [-0.15, -0.1) is 11.8 Å². The summed E-state index contributed by atoms with van der Waals surface area (Å²) < 4.78 is 7.69. The molecule has 7 heteroatoms. The summed E-state index contributed by atoms with van der Waals surface area (Å²) in [5.74, 6) is 0.242. The largest absolute Gasteiger partial charge is 0.469 e. The number of esters is 1. The molecule has 1 aromatic heterocycles. The molecule has 1 amide bonds. The maximum Gasteiger partial charge on any atom is 0.307 e. The van der Waals surface area contributed by atoms with Crippen molar-refractivity contribution in [3.05, 3.63) is 58.9 Å². The van der Waals surface area contributed by atoms with E-state index in [1.165, 1.54) is 24.0 Å². The predicted molar refractivity (Wildman–Crippen MR) is 114 cm³/mol. The first-order valence-corrected chi connectivity index (χ1v) is 10.8. The van der Waals surface area contributed by atoms with Crippen LogP contribution in [0.2, 0.25) is 0 Å². The lowest BCUT2D eigenvalue weighted by molar-refractivity contribution is -0.140. The van der Waals surface area contributed by atoms with Crippen LogP contribution in [-0.4, -0.2) is 29.3 Å². The number of carbonyl (C=O) groups excluding carboxylic acids is 2. The van der Waals surface area contributed by atoms with E-state index in [1.807, 2.05) is 28.8 Å². The van der Waals surface area contributed by atoms with Gasteiger partial charge in [0, 0.05) is 23.6 Å². The van der Waals surface area contributed by atoms with Crippen molar-refractivity contribution in [3.63, 3.8) is 0 Å². The number of rotatable bonds is 7. The molecule has 0 aliphatic rings. The third-order valence-electron chi connectivity index (χ3n) is 4.18. The van der Waals surface area contributed by atoms with E-state index >= 15 is 0 Å². The lowest BCUT2D eigenvalue weighted by Gasteiger charge is -2.04. The highest BCUT2D eigenvalue weighted by molar-refractivity contribution is 7.99. The van der Waals surface area contributed by atoms with Crippen molar-refractivity contribution in [3.8, 4) is 0 Å². The first-order valence-electron chi connectivity index (χ1n) is 8.99. The molecule has 0 radical (unpaired) electrons. The highest BCUT2D eigenvalue weighted by atomic mass is 32.2. The molecule has 2 aromatic carbocycles. The number of carbonyl (C=O) groups is 2. The van der Waals surface area contributed by atoms with Gasteiger partial charge in [-0.05, 0) is 31.2 Å². The van der Waals surface area contributed by atoms with Crippen LogP contribution < -0.4 is 4.80 Å². The number of aromatic nitrogens is 1. The van der Waals surface area contributed by atoms with Gasteiger partial charge >= 0.3 is 5.97 Å². The average molecular weight is 415 g/mol. The highest BCUT2D eigenvalue weighted by Crippen LogP contribution is 2.20. The molecule has 3 aromatic rings. The fraction of sp³-hybridized carbons (Fsp3) is 0.286. The molecule has 0 spiro atoms. The van der Waals surface area contributed by atoms with Crippen LogP contribution in [-0.2, 0) is 20.9 Å². The number of benzene rings is 2. The van der Waals surface area contributed by atoms with Crippen molar-refractivity contribution < 1.29 is 14.3 Å². The fourth-order valence-corrected chi connectivity index (χ4v) is 4.59. The Balaban J connectivity index is 1.73. The average Bonchev–Trinajstić information content (AvgIpc) is 3.04. The van der Waals surface area contributed by atoms with E-state index in [0.29, 0.717) is 23.5 Å². The van der Waals surface area contributed by atoms with Gasteiger partial charge in [-0.1, -0.05) is 41.2 Å². The third kappa shape index (κ3) is 5.33. The molecule has 0 unspecified atom stereocenters. The molecule has 0 aliphatic carbocycles. The van der Waals surface area contributed by atoms with Gasteiger partial charge in [0.1, 0.15) is 0 Å². The van der Waals surface area contributed by atoms with Gasteiger partial charge in [-0.2, -0.15) is 4.99 Å². The first kappa shape index (κ1) is 20.4. The lowest BCUT2D eigenvalue weighted by atomic mass is 10.2. The van der Waals surface area contributed by atoms with E-state index in [-0.39, 0.29) is 18.3 Å². The number of amides is 1. The molecule has 5 nitrogen and oxygen atoms in total. The Morgan fingerprint density at radius 3 is 2.61 bits per heavy atom. The maximum atomic E-state index is 12.4. The van der Waals surface area contributed by atoms with Crippen molar-refractivity contribution in [1.29, 1.82) is 0 Å². The van der Waals surface area contributed by atoms with Crippen LogP contribution in [0, 0.1) is 6.92 Å². The molecule has 0 saturated carbocycles. The number of thioether (sulfide) groups is 1. The smallest absolute Gasteiger partial charge is 0.307 e. The van der Waals surface area contributed by atoms with Crippen LogP contribution in [0.1, 0.15) is 18.4 Å². The number of aryl methyl sites for hydroxylation is 2.